The molecule has 0 aliphatic rings. The molecule has 0 unspecified atom stereocenters. The molecule has 8 aromatic rings. The third-order valence-electron chi connectivity index (χ3n) is 13.4. The second-order valence-electron chi connectivity index (χ2n) is 23.3. The maximum atomic E-state index is 12.2. The van der Waals surface area contributed by atoms with E-state index >= 15 is 0 Å². The number of para-hydroxylation sites is 4. The van der Waals surface area contributed by atoms with Gasteiger partial charge in [-0.3, -0.25) is 19.2 Å². The lowest BCUT2D eigenvalue weighted by Crippen LogP contribution is -2.14. The normalized spacial score (nSPS) is 10.1. The van der Waals surface area contributed by atoms with Crippen LogP contribution in [0.5, 0.6) is 0 Å². The molecule has 87 heavy (non-hydrogen) atoms. The van der Waals surface area contributed by atoms with Crippen LogP contribution in [-0.2, 0) is 43.9 Å². The summed E-state index contributed by atoms with van der Waals surface area (Å²) in [6, 6.07) is 63.3. The zero-order valence-corrected chi connectivity index (χ0v) is 55.4. The molecule has 8 aromatic carbocycles. The van der Waals surface area contributed by atoms with Gasteiger partial charge in [0.1, 0.15) is 0 Å². The Morgan fingerprint density at radius 3 is 0.874 bits per heavy atom. The predicted octanol–water partition coefficient (Wildman–Crippen LogP) is 16.2. The number of nitrogens with one attached hydrogen (secondary N) is 4. The van der Waals surface area contributed by atoms with E-state index in [1.807, 2.05) is 180 Å². The lowest BCUT2D eigenvalue weighted by molar-refractivity contribution is -0.115. The van der Waals surface area contributed by atoms with E-state index in [1.165, 1.54) is 61.6 Å². The van der Waals surface area contributed by atoms with Crippen LogP contribution in [0.1, 0.15) is 105 Å². The Morgan fingerprint density at radius 1 is 0.345 bits per heavy atom. The van der Waals surface area contributed by atoms with Crippen LogP contribution in [0.15, 0.2) is 188 Å². The number of rotatable bonds is 13. The van der Waals surface area contributed by atoms with Crippen molar-refractivity contribution in [2.45, 2.75) is 101 Å². The van der Waals surface area contributed by atoms with Crippen LogP contribution < -0.4 is 40.9 Å². The second kappa shape index (κ2) is 36.6. The number of nitrogens with zero attached hydrogens (tertiary/aromatic N) is 4. The van der Waals surface area contributed by atoms with Crippen LogP contribution in [0.25, 0.3) is 0 Å². The average Bonchev–Trinajstić information content (AvgIpc) is 2.68. The highest BCUT2D eigenvalue weighted by Gasteiger charge is 2.18. The molecular formula is C75H98N8O4. The Kier molecular flexibility index (Phi) is 30.4. The van der Waals surface area contributed by atoms with Crippen molar-refractivity contribution >= 4 is 69.1 Å². The molecule has 4 N–H and O–H groups in total. The van der Waals surface area contributed by atoms with Gasteiger partial charge >= 0.3 is 0 Å². The van der Waals surface area contributed by atoms with Gasteiger partial charge in [0.25, 0.3) is 0 Å². The molecule has 0 saturated carbocycles. The van der Waals surface area contributed by atoms with E-state index in [0.717, 1.165) is 68.1 Å². The number of aryl methyl sites for hydroxylation is 4. The zero-order chi connectivity index (χ0) is 64.8. The van der Waals surface area contributed by atoms with Gasteiger partial charge in [-0.25, -0.2) is 0 Å². The summed E-state index contributed by atoms with van der Waals surface area (Å²) in [5, 5.41) is 11.7. The summed E-state index contributed by atoms with van der Waals surface area (Å²) in [6.07, 6.45) is 2.00. The summed E-state index contributed by atoms with van der Waals surface area (Å²) < 4.78 is 0. The molecule has 0 radical (unpaired) electrons. The minimum absolute atomic E-state index is 0.0155. The van der Waals surface area contributed by atoms with Gasteiger partial charge in [-0.2, -0.15) is 0 Å². The summed E-state index contributed by atoms with van der Waals surface area (Å²) in [4.78, 5) is 55.1. The lowest BCUT2D eigenvalue weighted by atomic mass is 9.85. The molecule has 0 spiro atoms. The van der Waals surface area contributed by atoms with Crippen molar-refractivity contribution in [3.8, 4) is 0 Å². The molecular weight excluding hydrogens is 1080 g/mol. The summed E-state index contributed by atoms with van der Waals surface area (Å²) >= 11 is 0. The van der Waals surface area contributed by atoms with Gasteiger partial charge in [-0.05, 0) is 133 Å². The molecule has 0 aliphatic heterocycles. The van der Waals surface area contributed by atoms with Gasteiger partial charge in [-0.1, -0.05) is 166 Å². The highest BCUT2D eigenvalue weighted by atomic mass is 16.2. The number of carbonyl (C=O) groups is 4. The standard InChI is InChI=1S/C29H33N3O3.C14H21NO.4C8H11N/c1-17-7-9-27(30-20(4)33)23(11-17)15-25-13-19(3)14-26(29(25)32-22(6)35)16-24-12-18(2)8-10-28(24)31-21(5)34;1-6-11-9-12(14(3,4)5)7-8-13(11)15-10(2)16;4*1-9(2)8-6-4-3-5-7-8/h7-14H,15-16H2,1-6H3,(H,30,33)(H,31,34)(H,32,35);7-9H,6H2,1-5H3,(H,15,16);4*3-7H,1-2H3. The zero-order valence-electron chi connectivity index (χ0n) is 55.4. The maximum absolute atomic E-state index is 12.2. The van der Waals surface area contributed by atoms with E-state index < -0.39 is 0 Å². The van der Waals surface area contributed by atoms with Crippen molar-refractivity contribution in [2.24, 2.45) is 0 Å². The third kappa shape index (κ3) is 27.2. The molecule has 8 rings (SSSR count). The quantitative estimate of drug-likeness (QED) is 0.0898. The summed E-state index contributed by atoms with van der Waals surface area (Å²) in [5.41, 5.74) is 17.9. The van der Waals surface area contributed by atoms with Crippen LogP contribution >= 0.6 is 0 Å². The molecule has 0 bridgehead atoms. The van der Waals surface area contributed by atoms with Gasteiger partial charge in [0, 0.05) is 142 Å². The van der Waals surface area contributed by atoms with Crippen molar-refractivity contribution in [3.05, 3.63) is 238 Å². The first-order chi connectivity index (χ1) is 41.1. The Balaban J connectivity index is 0.000000311. The molecule has 12 nitrogen and oxygen atoms in total. The van der Waals surface area contributed by atoms with Crippen molar-refractivity contribution < 1.29 is 19.2 Å². The Hall–Kier alpha value is -9.16. The largest absolute Gasteiger partial charge is 0.378 e. The van der Waals surface area contributed by atoms with Crippen molar-refractivity contribution in [1.82, 2.24) is 0 Å². The van der Waals surface area contributed by atoms with E-state index in [1.54, 1.807) is 0 Å². The number of anilines is 8. The predicted molar refractivity (Wildman–Crippen MR) is 374 cm³/mol. The fourth-order valence-corrected chi connectivity index (χ4v) is 8.90. The Labute approximate surface area is 522 Å². The first-order valence-corrected chi connectivity index (χ1v) is 29.5. The van der Waals surface area contributed by atoms with E-state index in [0.29, 0.717) is 12.8 Å². The summed E-state index contributed by atoms with van der Waals surface area (Å²) in [5.74, 6) is -0.439. The number of hydrogen-bond donors (Lipinski definition) is 4. The number of carbonyl (C=O) groups excluding carboxylic acids is 4. The molecule has 0 saturated heterocycles. The van der Waals surface area contributed by atoms with Crippen LogP contribution in [0, 0.1) is 20.8 Å². The van der Waals surface area contributed by atoms with Gasteiger partial charge in [-0.15, -0.1) is 0 Å². The highest BCUT2D eigenvalue weighted by molar-refractivity contribution is 5.93. The summed E-state index contributed by atoms with van der Waals surface area (Å²) in [6.45, 7) is 20.8. The smallest absolute Gasteiger partial charge is 0.221 e. The fourth-order valence-electron chi connectivity index (χ4n) is 8.90. The molecule has 0 heterocycles. The maximum Gasteiger partial charge on any atom is 0.221 e. The molecule has 12 heteroatoms. The first kappa shape index (κ1) is 72.1. The van der Waals surface area contributed by atoms with Crippen LogP contribution in [0.3, 0.4) is 0 Å². The van der Waals surface area contributed by atoms with E-state index in [9.17, 15) is 19.2 Å². The number of benzene rings is 8. The molecule has 0 fully saturated rings. The summed E-state index contributed by atoms with van der Waals surface area (Å²) in [7, 11) is 16.3. The minimum Gasteiger partial charge on any atom is -0.378 e. The second-order valence-corrected chi connectivity index (χ2v) is 23.3. The highest BCUT2D eigenvalue weighted by Crippen LogP contribution is 2.33. The third-order valence-corrected chi connectivity index (χ3v) is 13.4. The van der Waals surface area contributed by atoms with E-state index in [4.69, 9.17) is 0 Å². The van der Waals surface area contributed by atoms with Gasteiger partial charge < -0.3 is 40.9 Å². The molecule has 0 aliphatic carbocycles. The molecule has 0 aromatic heterocycles. The van der Waals surface area contributed by atoms with Gasteiger partial charge in [0.2, 0.25) is 23.6 Å². The number of hydrogen-bond acceptors (Lipinski definition) is 8. The first-order valence-electron chi connectivity index (χ1n) is 29.5. The average molecular weight is 1180 g/mol. The minimum atomic E-state index is -0.158. The van der Waals surface area contributed by atoms with Gasteiger partial charge in [0.05, 0.1) is 0 Å². The SMILES string of the molecule is CC(=O)Nc1ccc(C)cc1Cc1cc(C)cc(Cc2cc(C)ccc2NC(C)=O)c1NC(C)=O.CCc1cc(C(C)(C)C)ccc1NC(C)=O.CN(C)c1ccccc1.CN(C)c1ccccc1.CN(C)c1ccccc1.CN(C)c1ccccc1. The lowest BCUT2D eigenvalue weighted by Gasteiger charge is -2.21. The number of amides is 4. The monoisotopic (exact) mass is 1170 g/mol. The fraction of sp³-hybridized carbons (Fsp3) is 0.307. The Morgan fingerprint density at radius 2 is 0.621 bits per heavy atom. The molecule has 4 amide bonds. The van der Waals surface area contributed by atoms with Crippen molar-refractivity contribution in [3.63, 3.8) is 0 Å². The molecule has 0 atom stereocenters. The van der Waals surface area contributed by atoms with E-state index in [2.05, 4.69) is 153 Å². The van der Waals surface area contributed by atoms with Crippen molar-refractivity contribution in [1.29, 1.82) is 0 Å². The topological polar surface area (TPSA) is 129 Å². The van der Waals surface area contributed by atoms with Gasteiger partial charge in [0.15, 0.2) is 0 Å². The van der Waals surface area contributed by atoms with Crippen LogP contribution in [0.4, 0.5) is 45.5 Å². The van der Waals surface area contributed by atoms with Crippen LogP contribution in [0.2, 0.25) is 0 Å². The Bertz CT molecular complexity index is 3110. The molecule has 462 valence electrons. The van der Waals surface area contributed by atoms with Crippen molar-refractivity contribution in [2.75, 3.05) is 97.2 Å². The van der Waals surface area contributed by atoms with E-state index in [-0.39, 0.29) is 29.0 Å². The van der Waals surface area contributed by atoms with Crippen LogP contribution in [-0.4, -0.2) is 80.0 Å².